The van der Waals surface area contributed by atoms with Gasteiger partial charge in [0.25, 0.3) is 0 Å². The van der Waals surface area contributed by atoms with Crippen LogP contribution in [-0.2, 0) is 6.18 Å². The zero-order chi connectivity index (χ0) is 18.0. The molecule has 128 valence electrons. The molecule has 10 heteroatoms. The number of rotatable bonds is 4. The van der Waals surface area contributed by atoms with Gasteiger partial charge in [-0.25, -0.2) is 0 Å². The lowest BCUT2D eigenvalue weighted by atomic mass is 9.91. The zero-order valence-corrected chi connectivity index (χ0v) is 12.5. The quantitative estimate of drug-likeness (QED) is 0.641. The highest BCUT2D eigenvalue weighted by molar-refractivity contribution is 7.80. The Bertz CT molecular complexity index is 611. The van der Waals surface area contributed by atoms with E-state index >= 15 is 0 Å². The highest BCUT2D eigenvalue weighted by Gasteiger charge is 2.39. The molecule has 0 aliphatic carbocycles. The SMILES string of the molecule is C[C@@H](C(=S)NCC(F)(F)F)c1cccc(C(N)=O)c1C(F)(F)F. The summed E-state index contributed by atoms with van der Waals surface area (Å²) in [5.41, 5.74) is 2.45. The van der Waals surface area contributed by atoms with E-state index in [1.807, 2.05) is 5.32 Å². The minimum atomic E-state index is -4.91. The Kier molecular flexibility index (Phi) is 5.62. The highest BCUT2D eigenvalue weighted by atomic mass is 32.1. The molecular weight excluding hydrogens is 346 g/mol. The summed E-state index contributed by atoms with van der Waals surface area (Å²) >= 11 is 4.72. The van der Waals surface area contributed by atoms with E-state index in [-0.39, 0.29) is 0 Å². The summed E-state index contributed by atoms with van der Waals surface area (Å²) in [6.45, 7) is -0.256. The molecule has 3 nitrogen and oxygen atoms in total. The number of alkyl halides is 6. The van der Waals surface area contributed by atoms with Crippen LogP contribution in [0.2, 0.25) is 0 Å². The third kappa shape index (κ3) is 5.08. The molecule has 0 unspecified atom stereocenters. The van der Waals surface area contributed by atoms with Gasteiger partial charge in [-0.1, -0.05) is 31.3 Å². The van der Waals surface area contributed by atoms with Gasteiger partial charge in [0, 0.05) is 5.92 Å². The number of halogens is 6. The average molecular weight is 358 g/mol. The Balaban J connectivity index is 3.24. The van der Waals surface area contributed by atoms with Crippen molar-refractivity contribution in [2.75, 3.05) is 6.54 Å². The largest absolute Gasteiger partial charge is 0.417 e. The predicted molar refractivity (Wildman–Crippen MR) is 75.0 cm³/mol. The van der Waals surface area contributed by atoms with E-state index < -0.39 is 52.4 Å². The Labute approximate surface area is 132 Å². The van der Waals surface area contributed by atoms with Crippen LogP contribution < -0.4 is 11.1 Å². The van der Waals surface area contributed by atoms with Crippen molar-refractivity contribution in [1.82, 2.24) is 5.32 Å². The topological polar surface area (TPSA) is 55.1 Å². The van der Waals surface area contributed by atoms with Crippen molar-refractivity contribution in [2.45, 2.75) is 25.2 Å². The highest BCUT2D eigenvalue weighted by Crippen LogP contribution is 2.38. The van der Waals surface area contributed by atoms with E-state index in [2.05, 4.69) is 0 Å². The van der Waals surface area contributed by atoms with E-state index in [1.165, 1.54) is 6.92 Å². The van der Waals surface area contributed by atoms with E-state index in [4.69, 9.17) is 18.0 Å². The van der Waals surface area contributed by atoms with Gasteiger partial charge < -0.3 is 11.1 Å². The molecule has 0 fully saturated rings. The summed E-state index contributed by atoms with van der Waals surface area (Å²) in [5, 5.41) is 1.87. The lowest BCUT2D eigenvalue weighted by Gasteiger charge is -2.22. The number of hydrogen-bond donors (Lipinski definition) is 2. The fourth-order valence-corrected chi connectivity index (χ4v) is 2.13. The first-order valence-electron chi connectivity index (χ1n) is 6.19. The summed E-state index contributed by atoms with van der Waals surface area (Å²) in [4.78, 5) is 10.8. The second-order valence-electron chi connectivity index (χ2n) is 4.69. The molecule has 0 aromatic heterocycles. The molecular formula is C13H12F6N2OS. The minimum absolute atomic E-state index is 0.422. The van der Waals surface area contributed by atoms with Crippen molar-refractivity contribution in [2.24, 2.45) is 5.73 Å². The average Bonchev–Trinajstić information content (AvgIpc) is 2.41. The molecule has 1 aromatic rings. The Morgan fingerprint density at radius 2 is 1.83 bits per heavy atom. The molecule has 0 saturated carbocycles. The molecule has 0 spiro atoms. The maximum absolute atomic E-state index is 13.2. The molecule has 1 amide bonds. The summed E-state index contributed by atoms with van der Waals surface area (Å²) in [7, 11) is 0. The molecule has 3 N–H and O–H groups in total. The standard InChI is InChI=1S/C13H12F6N2OS/c1-6(11(23)21-5-12(14,15)16)7-3-2-4-8(10(20)22)9(7)13(17,18)19/h2-4,6H,5H2,1H3,(H2,20,22)(H,21,23)/t6-/m1/s1. The number of primary amides is 1. The van der Waals surface area contributed by atoms with Gasteiger partial charge in [-0.05, 0) is 11.6 Å². The van der Waals surface area contributed by atoms with Gasteiger partial charge in [-0.15, -0.1) is 0 Å². The van der Waals surface area contributed by atoms with Gasteiger partial charge >= 0.3 is 12.4 Å². The van der Waals surface area contributed by atoms with Crippen molar-refractivity contribution >= 4 is 23.1 Å². The first-order valence-corrected chi connectivity index (χ1v) is 6.59. The Morgan fingerprint density at radius 1 is 1.26 bits per heavy atom. The Morgan fingerprint density at radius 3 is 2.26 bits per heavy atom. The van der Waals surface area contributed by atoms with Gasteiger partial charge in [0.15, 0.2) is 0 Å². The zero-order valence-electron chi connectivity index (χ0n) is 11.7. The summed E-state index contributed by atoms with van der Waals surface area (Å²) in [5.74, 6) is -2.48. The molecule has 0 bridgehead atoms. The number of nitrogens with two attached hydrogens (primary N) is 1. The normalized spacial score (nSPS) is 13.5. The summed E-state index contributed by atoms with van der Waals surface area (Å²) < 4.78 is 76.1. The van der Waals surface area contributed by atoms with E-state index in [1.54, 1.807) is 0 Å². The number of amides is 1. The van der Waals surface area contributed by atoms with Gasteiger partial charge in [0.2, 0.25) is 5.91 Å². The van der Waals surface area contributed by atoms with E-state index in [0.717, 1.165) is 18.2 Å². The van der Waals surface area contributed by atoms with Crippen molar-refractivity contribution < 1.29 is 31.1 Å². The molecule has 1 atom stereocenters. The lowest BCUT2D eigenvalue weighted by Crippen LogP contribution is -2.35. The van der Waals surface area contributed by atoms with Crippen LogP contribution in [-0.4, -0.2) is 23.6 Å². The smallest absolute Gasteiger partial charge is 0.370 e. The van der Waals surface area contributed by atoms with E-state index in [0.29, 0.717) is 0 Å². The van der Waals surface area contributed by atoms with Crippen LogP contribution in [0.5, 0.6) is 0 Å². The maximum atomic E-state index is 13.2. The molecule has 0 heterocycles. The number of carbonyl (C=O) groups excluding carboxylic acids is 1. The van der Waals surface area contributed by atoms with Crippen molar-refractivity contribution in [3.63, 3.8) is 0 Å². The lowest BCUT2D eigenvalue weighted by molar-refractivity contribution is -0.138. The summed E-state index contributed by atoms with van der Waals surface area (Å²) in [6, 6.07) is 3.10. The molecule has 23 heavy (non-hydrogen) atoms. The predicted octanol–water partition coefficient (Wildman–Crippen LogP) is 3.39. The number of carbonyl (C=O) groups is 1. The van der Waals surface area contributed by atoms with Crippen LogP contribution in [0.3, 0.4) is 0 Å². The van der Waals surface area contributed by atoms with Crippen molar-refractivity contribution in [3.8, 4) is 0 Å². The van der Waals surface area contributed by atoms with Crippen molar-refractivity contribution in [3.05, 3.63) is 34.9 Å². The van der Waals surface area contributed by atoms with Crippen LogP contribution in [0, 0.1) is 0 Å². The second kappa shape index (κ2) is 6.73. The first-order chi connectivity index (χ1) is 10.3. The molecule has 0 saturated heterocycles. The third-order valence-corrected chi connectivity index (χ3v) is 3.47. The number of thiocarbonyl (C=S) groups is 1. The van der Waals surface area contributed by atoms with Crippen LogP contribution in [0.4, 0.5) is 26.3 Å². The van der Waals surface area contributed by atoms with Gasteiger partial charge in [-0.2, -0.15) is 26.3 Å². The minimum Gasteiger partial charge on any atom is -0.370 e. The van der Waals surface area contributed by atoms with Crippen LogP contribution in [0.25, 0.3) is 0 Å². The molecule has 1 rings (SSSR count). The maximum Gasteiger partial charge on any atom is 0.417 e. The van der Waals surface area contributed by atoms with Gasteiger partial charge in [0.05, 0.1) is 16.1 Å². The molecule has 1 aromatic carbocycles. The third-order valence-electron chi connectivity index (χ3n) is 2.97. The van der Waals surface area contributed by atoms with Gasteiger partial charge in [0.1, 0.15) is 6.54 Å². The molecule has 0 aliphatic heterocycles. The van der Waals surface area contributed by atoms with Crippen LogP contribution >= 0.6 is 12.2 Å². The molecule has 0 aliphatic rings. The van der Waals surface area contributed by atoms with E-state index in [9.17, 15) is 31.1 Å². The monoisotopic (exact) mass is 358 g/mol. The second-order valence-corrected chi connectivity index (χ2v) is 5.13. The summed E-state index contributed by atoms with van der Waals surface area (Å²) in [6.07, 6.45) is -9.47. The van der Waals surface area contributed by atoms with Crippen molar-refractivity contribution in [1.29, 1.82) is 0 Å². The Hall–Kier alpha value is -1.84. The van der Waals surface area contributed by atoms with Crippen LogP contribution in [0.1, 0.15) is 34.3 Å². The van der Waals surface area contributed by atoms with Gasteiger partial charge in [-0.3, -0.25) is 4.79 Å². The number of benzene rings is 1. The fraction of sp³-hybridized carbons (Fsp3) is 0.385. The fourth-order valence-electron chi connectivity index (χ4n) is 1.93. The molecule has 0 radical (unpaired) electrons. The first kappa shape index (κ1) is 19.2. The van der Waals surface area contributed by atoms with Crippen LogP contribution in [0.15, 0.2) is 18.2 Å². The number of nitrogens with one attached hydrogen (secondary N) is 1. The number of hydrogen-bond acceptors (Lipinski definition) is 2.